The molecule has 0 aliphatic rings. The average Bonchev–Trinajstić information content (AvgIpc) is 2.53. The van der Waals surface area contributed by atoms with Gasteiger partial charge in [-0.05, 0) is 18.6 Å². The zero-order valence-electron chi connectivity index (χ0n) is 7.19. The summed E-state index contributed by atoms with van der Waals surface area (Å²) in [5.41, 5.74) is 1.00. The van der Waals surface area contributed by atoms with Crippen molar-refractivity contribution in [3.05, 3.63) is 24.2 Å². The van der Waals surface area contributed by atoms with Crippen molar-refractivity contribution >= 4 is 0 Å². The molecule has 0 fully saturated rings. The number of aliphatic hydroxyl groups excluding tert-OH is 1. The highest BCUT2D eigenvalue weighted by Gasteiger charge is 2.05. The van der Waals surface area contributed by atoms with E-state index in [0.717, 1.165) is 5.56 Å². The molecule has 0 aromatic carbocycles. The Morgan fingerprint density at radius 3 is 3.08 bits per heavy atom. The molecule has 0 saturated carbocycles. The maximum absolute atomic E-state index is 9.39. The van der Waals surface area contributed by atoms with E-state index in [0.29, 0.717) is 19.6 Å². The van der Waals surface area contributed by atoms with Crippen LogP contribution in [-0.2, 0) is 11.2 Å². The molecule has 0 spiro atoms. The molecule has 0 aliphatic carbocycles. The van der Waals surface area contributed by atoms with Gasteiger partial charge in [-0.25, -0.2) is 0 Å². The summed E-state index contributed by atoms with van der Waals surface area (Å²) in [7, 11) is 0. The minimum Gasteiger partial charge on any atom is -0.472 e. The standard InChI is InChI=1S/C9H14O3/c1-2-11-7-9(10)5-8-3-4-12-6-8/h3-4,6,9-10H,2,5,7H2,1H3. The first-order valence-corrected chi connectivity index (χ1v) is 4.09. The third kappa shape index (κ3) is 3.07. The van der Waals surface area contributed by atoms with Crippen LogP contribution >= 0.6 is 0 Å². The molecule has 1 heterocycles. The van der Waals surface area contributed by atoms with E-state index in [4.69, 9.17) is 9.15 Å². The molecule has 3 nitrogen and oxygen atoms in total. The smallest absolute Gasteiger partial charge is 0.0935 e. The van der Waals surface area contributed by atoms with Crippen molar-refractivity contribution in [2.24, 2.45) is 0 Å². The molecule has 0 saturated heterocycles. The lowest BCUT2D eigenvalue weighted by atomic mass is 10.1. The van der Waals surface area contributed by atoms with Crippen molar-refractivity contribution in [3.63, 3.8) is 0 Å². The highest BCUT2D eigenvalue weighted by atomic mass is 16.5. The van der Waals surface area contributed by atoms with Gasteiger partial charge < -0.3 is 14.3 Å². The third-order valence-electron chi connectivity index (χ3n) is 1.57. The third-order valence-corrected chi connectivity index (χ3v) is 1.57. The number of aliphatic hydroxyl groups is 1. The van der Waals surface area contributed by atoms with Crippen LogP contribution in [-0.4, -0.2) is 24.4 Å². The lowest BCUT2D eigenvalue weighted by Crippen LogP contribution is -2.17. The van der Waals surface area contributed by atoms with Crippen LogP contribution in [0.25, 0.3) is 0 Å². The van der Waals surface area contributed by atoms with Crippen LogP contribution in [0.4, 0.5) is 0 Å². The number of ether oxygens (including phenoxy) is 1. The van der Waals surface area contributed by atoms with Gasteiger partial charge in [0.25, 0.3) is 0 Å². The summed E-state index contributed by atoms with van der Waals surface area (Å²) in [6.45, 7) is 2.94. The zero-order valence-corrected chi connectivity index (χ0v) is 7.19. The normalized spacial score (nSPS) is 13.2. The van der Waals surface area contributed by atoms with Crippen molar-refractivity contribution in [2.45, 2.75) is 19.4 Å². The zero-order chi connectivity index (χ0) is 8.81. The van der Waals surface area contributed by atoms with Crippen LogP contribution in [0.3, 0.4) is 0 Å². The molecule has 1 atom stereocenters. The topological polar surface area (TPSA) is 42.6 Å². The Morgan fingerprint density at radius 1 is 1.67 bits per heavy atom. The Kier molecular flexibility index (Phi) is 3.84. The van der Waals surface area contributed by atoms with Crippen molar-refractivity contribution in [1.82, 2.24) is 0 Å². The molecule has 1 rings (SSSR count). The van der Waals surface area contributed by atoms with E-state index in [1.807, 2.05) is 13.0 Å². The van der Waals surface area contributed by atoms with Crippen LogP contribution in [0, 0.1) is 0 Å². The summed E-state index contributed by atoms with van der Waals surface area (Å²) in [6.07, 6.45) is 3.40. The second-order valence-corrected chi connectivity index (χ2v) is 2.65. The Morgan fingerprint density at radius 2 is 2.50 bits per heavy atom. The molecule has 0 amide bonds. The monoisotopic (exact) mass is 170 g/mol. The van der Waals surface area contributed by atoms with Crippen molar-refractivity contribution in [3.8, 4) is 0 Å². The molecule has 0 radical (unpaired) electrons. The van der Waals surface area contributed by atoms with E-state index < -0.39 is 6.10 Å². The van der Waals surface area contributed by atoms with Gasteiger partial charge >= 0.3 is 0 Å². The van der Waals surface area contributed by atoms with Gasteiger partial charge in [0.1, 0.15) is 0 Å². The van der Waals surface area contributed by atoms with Gasteiger partial charge in [-0.1, -0.05) is 0 Å². The summed E-state index contributed by atoms with van der Waals surface area (Å²) >= 11 is 0. The predicted octanol–water partition coefficient (Wildman–Crippen LogP) is 1.22. The minimum absolute atomic E-state index is 0.391. The quantitative estimate of drug-likeness (QED) is 0.722. The van der Waals surface area contributed by atoms with Gasteiger partial charge in [-0.2, -0.15) is 0 Å². The second-order valence-electron chi connectivity index (χ2n) is 2.65. The summed E-state index contributed by atoms with van der Waals surface area (Å²) < 4.78 is 9.93. The minimum atomic E-state index is -0.428. The van der Waals surface area contributed by atoms with Gasteiger partial charge in [0.2, 0.25) is 0 Å². The molecule has 0 bridgehead atoms. The molecular formula is C9H14O3. The van der Waals surface area contributed by atoms with Crippen molar-refractivity contribution < 1.29 is 14.3 Å². The van der Waals surface area contributed by atoms with Crippen molar-refractivity contribution in [1.29, 1.82) is 0 Å². The highest BCUT2D eigenvalue weighted by molar-refractivity contribution is 5.06. The number of rotatable bonds is 5. The lowest BCUT2D eigenvalue weighted by Gasteiger charge is -2.07. The summed E-state index contributed by atoms with van der Waals surface area (Å²) in [4.78, 5) is 0. The van der Waals surface area contributed by atoms with Crippen LogP contribution in [0.15, 0.2) is 23.0 Å². The first-order chi connectivity index (χ1) is 5.83. The van der Waals surface area contributed by atoms with E-state index in [1.54, 1.807) is 12.5 Å². The van der Waals surface area contributed by atoms with E-state index in [9.17, 15) is 5.11 Å². The van der Waals surface area contributed by atoms with Crippen LogP contribution in [0.1, 0.15) is 12.5 Å². The van der Waals surface area contributed by atoms with Crippen LogP contribution in [0.2, 0.25) is 0 Å². The van der Waals surface area contributed by atoms with Crippen LogP contribution in [0.5, 0.6) is 0 Å². The molecule has 3 heteroatoms. The Balaban J connectivity index is 2.22. The number of hydrogen-bond donors (Lipinski definition) is 1. The molecule has 1 unspecified atom stereocenters. The number of furan rings is 1. The van der Waals surface area contributed by atoms with Gasteiger partial charge in [-0.15, -0.1) is 0 Å². The summed E-state index contributed by atoms with van der Waals surface area (Å²) in [6, 6.07) is 1.84. The maximum atomic E-state index is 9.39. The molecular weight excluding hydrogens is 156 g/mol. The van der Waals surface area contributed by atoms with E-state index in [1.165, 1.54) is 0 Å². The maximum Gasteiger partial charge on any atom is 0.0935 e. The van der Waals surface area contributed by atoms with Gasteiger partial charge in [0, 0.05) is 13.0 Å². The Bertz CT molecular complexity index is 194. The second kappa shape index (κ2) is 4.95. The highest BCUT2D eigenvalue weighted by Crippen LogP contribution is 2.04. The van der Waals surface area contributed by atoms with E-state index >= 15 is 0 Å². The van der Waals surface area contributed by atoms with Crippen molar-refractivity contribution in [2.75, 3.05) is 13.2 Å². The number of hydrogen-bond acceptors (Lipinski definition) is 3. The first-order valence-electron chi connectivity index (χ1n) is 4.09. The van der Waals surface area contributed by atoms with Gasteiger partial charge in [0.15, 0.2) is 0 Å². The summed E-state index contributed by atoms with van der Waals surface area (Å²) in [5.74, 6) is 0. The fraction of sp³-hybridized carbons (Fsp3) is 0.556. The first kappa shape index (κ1) is 9.29. The van der Waals surface area contributed by atoms with E-state index in [-0.39, 0.29) is 0 Å². The molecule has 12 heavy (non-hydrogen) atoms. The average molecular weight is 170 g/mol. The Labute approximate surface area is 72.0 Å². The molecule has 68 valence electrons. The fourth-order valence-electron chi connectivity index (χ4n) is 0.994. The lowest BCUT2D eigenvalue weighted by molar-refractivity contribution is 0.0429. The van der Waals surface area contributed by atoms with Crippen LogP contribution < -0.4 is 0 Å². The summed E-state index contributed by atoms with van der Waals surface area (Å²) in [5, 5.41) is 9.39. The Hall–Kier alpha value is -0.800. The fourth-order valence-corrected chi connectivity index (χ4v) is 0.994. The molecule has 1 N–H and O–H groups in total. The van der Waals surface area contributed by atoms with Gasteiger partial charge in [0.05, 0.1) is 25.2 Å². The SMILES string of the molecule is CCOCC(O)Cc1ccoc1. The van der Waals surface area contributed by atoms with E-state index in [2.05, 4.69) is 0 Å². The largest absolute Gasteiger partial charge is 0.472 e. The molecule has 1 aromatic rings. The predicted molar refractivity (Wildman–Crippen MR) is 44.9 cm³/mol. The molecule has 1 aromatic heterocycles. The van der Waals surface area contributed by atoms with Gasteiger partial charge in [-0.3, -0.25) is 0 Å². The molecule has 0 aliphatic heterocycles.